The number of rotatable bonds is 8. The average Bonchev–Trinajstić information content (AvgIpc) is 2.89. The number of carbonyl (C=O) groups is 2. The Morgan fingerprint density at radius 2 is 1.37 bits per heavy atom. The van der Waals surface area contributed by atoms with Gasteiger partial charge in [0.1, 0.15) is 0 Å². The molecule has 0 saturated heterocycles. The predicted molar refractivity (Wildman–Crippen MR) is 72.4 cm³/mol. The van der Waals surface area contributed by atoms with Gasteiger partial charge in [-0.1, -0.05) is 12.2 Å². The molecule has 1 aliphatic rings. The van der Waals surface area contributed by atoms with Crippen molar-refractivity contribution in [3.63, 3.8) is 0 Å². The molecule has 1 fully saturated rings. The summed E-state index contributed by atoms with van der Waals surface area (Å²) in [7, 11) is 0. The molecule has 0 spiro atoms. The van der Waals surface area contributed by atoms with E-state index < -0.39 is 0 Å². The molecule has 0 bridgehead atoms. The summed E-state index contributed by atoms with van der Waals surface area (Å²) in [4.78, 5) is 23.5. The van der Waals surface area contributed by atoms with Crippen LogP contribution in [0.4, 0.5) is 0 Å². The van der Waals surface area contributed by atoms with E-state index in [2.05, 4.69) is 13.2 Å². The first-order valence-electron chi connectivity index (χ1n) is 6.74. The van der Waals surface area contributed by atoms with Crippen molar-refractivity contribution < 1.29 is 19.1 Å². The van der Waals surface area contributed by atoms with E-state index in [0.29, 0.717) is 45.3 Å². The van der Waals surface area contributed by atoms with Crippen molar-refractivity contribution in [3.05, 3.63) is 25.3 Å². The van der Waals surface area contributed by atoms with Gasteiger partial charge in [-0.2, -0.15) is 0 Å². The van der Waals surface area contributed by atoms with E-state index in [4.69, 9.17) is 9.47 Å². The summed E-state index contributed by atoms with van der Waals surface area (Å²) in [5.41, 5.74) is 0. The van der Waals surface area contributed by atoms with Crippen molar-refractivity contribution in [1.29, 1.82) is 0 Å². The van der Waals surface area contributed by atoms with Gasteiger partial charge in [-0.25, -0.2) is 0 Å². The third kappa shape index (κ3) is 5.28. The Morgan fingerprint density at radius 3 is 1.74 bits per heavy atom. The van der Waals surface area contributed by atoms with Gasteiger partial charge in [-0.15, -0.1) is 13.2 Å². The second kappa shape index (κ2) is 8.51. The van der Waals surface area contributed by atoms with Crippen LogP contribution >= 0.6 is 0 Å². The van der Waals surface area contributed by atoms with E-state index in [1.807, 2.05) is 0 Å². The zero-order valence-corrected chi connectivity index (χ0v) is 11.3. The number of ether oxygens (including phenoxy) is 2. The molecular weight excluding hydrogens is 244 g/mol. The molecule has 2 unspecified atom stereocenters. The van der Waals surface area contributed by atoms with Crippen LogP contribution in [0.2, 0.25) is 0 Å². The van der Waals surface area contributed by atoms with E-state index >= 15 is 0 Å². The summed E-state index contributed by atoms with van der Waals surface area (Å²) >= 11 is 0. The lowest BCUT2D eigenvalue weighted by Crippen LogP contribution is -2.19. The van der Waals surface area contributed by atoms with Crippen LogP contribution in [0.1, 0.15) is 32.1 Å². The molecular formula is C15H22O4. The van der Waals surface area contributed by atoms with Gasteiger partial charge in [0, 0.05) is 0 Å². The Bertz CT molecular complexity index is 303. The van der Waals surface area contributed by atoms with Gasteiger partial charge in [0.05, 0.1) is 25.0 Å². The normalized spacial score (nSPS) is 21.7. The Morgan fingerprint density at radius 1 is 0.947 bits per heavy atom. The van der Waals surface area contributed by atoms with E-state index in [1.165, 1.54) is 0 Å². The number of hydrogen-bond acceptors (Lipinski definition) is 4. The highest BCUT2D eigenvalue weighted by Gasteiger charge is 2.35. The van der Waals surface area contributed by atoms with E-state index in [0.717, 1.165) is 0 Å². The fraction of sp³-hybridized carbons (Fsp3) is 0.600. The summed E-state index contributed by atoms with van der Waals surface area (Å²) in [5, 5.41) is 0. The van der Waals surface area contributed by atoms with Crippen LogP contribution in [-0.2, 0) is 19.1 Å². The summed E-state index contributed by atoms with van der Waals surface area (Å²) in [6.07, 6.45) is 6.68. The van der Waals surface area contributed by atoms with Crippen LogP contribution in [0.3, 0.4) is 0 Å². The first-order chi connectivity index (χ1) is 9.19. The molecule has 2 atom stereocenters. The molecule has 0 radical (unpaired) electrons. The van der Waals surface area contributed by atoms with Gasteiger partial charge < -0.3 is 9.47 Å². The highest BCUT2D eigenvalue weighted by Crippen LogP contribution is 2.32. The number of hydrogen-bond donors (Lipinski definition) is 0. The minimum Gasteiger partial charge on any atom is -0.465 e. The van der Waals surface area contributed by atoms with E-state index in [1.54, 1.807) is 12.2 Å². The third-order valence-electron chi connectivity index (χ3n) is 3.23. The molecule has 1 aliphatic carbocycles. The fourth-order valence-electron chi connectivity index (χ4n) is 2.13. The standard InChI is InChI=1S/C15H22O4/c1-3-5-9-18-14(16)12-7-8-13(11-12)15(17)19-10-6-4-2/h3-4,12-13H,1-2,5-11H2. The summed E-state index contributed by atoms with van der Waals surface area (Å²) in [6, 6.07) is 0. The number of carbonyl (C=O) groups excluding carboxylic acids is 2. The molecule has 0 aromatic carbocycles. The lowest BCUT2D eigenvalue weighted by Gasteiger charge is -2.10. The first-order valence-corrected chi connectivity index (χ1v) is 6.74. The minimum atomic E-state index is -0.205. The molecule has 0 aliphatic heterocycles. The van der Waals surface area contributed by atoms with Crippen LogP contribution in [0.5, 0.6) is 0 Å². The fourth-order valence-corrected chi connectivity index (χ4v) is 2.13. The molecule has 1 rings (SSSR count). The maximum absolute atomic E-state index is 11.7. The van der Waals surface area contributed by atoms with Crippen molar-refractivity contribution in [3.8, 4) is 0 Å². The molecule has 4 nitrogen and oxygen atoms in total. The monoisotopic (exact) mass is 266 g/mol. The maximum atomic E-state index is 11.7. The summed E-state index contributed by atoms with van der Waals surface area (Å²) in [6.45, 7) is 7.87. The van der Waals surface area contributed by atoms with Crippen molar-refractivity contribution in [2.75, 3.05) is 13.2 Å². The van der Waals surface area contributed by atoms with Crippen molar-refractivity contribution in [1.82, 2.24) is 0 Å². The Labute approximate surface area is 114 Å². The smallest absolute Gasteiger partial charge is 0.308 e. The van der Waals surface area contributed by atoms with Crippen LogP contribution in [0.25, 0.3) is 0 Å². The summed E-state index contributed by atoms with van der Waals surface area (Å²) < 4.78 is 10.2. The van der Waals surface area contributed by atoms with Crippen LogP contribution in [-0.4, -0.2) is 25.2 Å². The Kier molecular flexibility index (Phi) is 6.93. The average molecular weight is 266 g/mol. The summed E-state index contributed by atoms with van der Waals surface area (Å²) in [5.74, 6) is -0.741. The predicted octanol–water partition coefficient (Wildman–Crippen LogP) is 2.64. The van der Waals surface area contributed by atoms with Gasteiger partial charge in [0.15, 0.2) is 0 Å². The van der Waals surface area contributed by atoms with E-state index in [-0.39, 0.29) is 23.8 Å². The topological polar surface area (TPSA) is 52.6 Å². The molecule has 0 heterocycles. The van der Waals surface area contributed by atoms with Gasteiger partial charge in [-0.3, -0.25) is 9.59 Å². The second-order valence-corrected chi connectivity index (χ2v) is 4.70. The van der Waals surface area contributed by atoms with Crippen LogP contribution in [0, 0.1) is 11.8 Å². The van der Waals surface area contributed by atoms with Gasteiger partial charge in [0.25, 0.3) is 0 Å². The third-order valence-corrected chi connectivity index (χ3v) is 3.23. The van der Waals surface area contributed by atoms with Crippen molar-refractivity contribution in [2.45, 2.75) is 32.1 Å². The number of esters is 2. The van der Waals surface area contributed by atoms with Gasteiger partial charge >= 0.3 is 11.9 Å². The lowest BCUT2D eigenvalue weighted by atomic mass is 10.1. The second-order valence-electron chi connectivity index (χ2n) is 4.70. The van der Waals surface area contributed by atoms with Crippen molar-refractivity contribution >= 4 is 11.9 Å². The molecule has 19 heavy (non-hydrogen) atoms. The molecule has 106 valence electrons. The zero-order valence-electron chi connectivity index (χ0n) is 11.3. The molecule has 1 saturated carbocycles. The van der Waals surface area contributed by atoms with Crippen LogP contribution < -0.4 is 0 Å². The van der Waals surface area contributed by atoms with Gasteiger partial charge in [0.2, 0.25) is 0 Å². The maximum Gasteiger partial charge on any atom is 0.308 e. The van der Waals surface area contributed by atoms with Crippen molar-refractivity contribution in [2.24, 2.45) is 11.8 Å². The molecule has 0 N–H and O–H groups in total. The van der Waals surface area contributed by atoms with Gasteiger partial charge in [-0.05, 0) is 32.1 Å². The Hall–Kier alpha value is -1.58. The largest absolute Gasteiger partial charge is 0.465 e. The molecule has 0 amide bonds. The lowest BCUT2D eigenvalue weighted by molar-refractivity contribution is -0.149. The molecule has 0 aromatic rings. The first kappa shape index (κ1) is 15.5. The highest BCUT2D eigenvalue weighted by atomic mass is 16.5. The van der Waals surface area contributed by atoms with E-state index in [9.17, 15) is 9.59 Å². The Balaban J connectivity index is 2.28. The quantitative estimate of drug-likeness (QED) is 0.385. The minimum absolute atomic E-state index is 0.165. The SMILES string of the molecule is C=CCCOC(=O)C1CCC(C(=O)OCCC=C)C1. The molecule has 4 heteroatoms. The molecule has 0 aromatic heterocycles. The highest BCUT2D eigenvalue weighted by molar-refractivity contribution is 5.77. The zero-order chi connectivity index (χ0) is 14.1. The van der Waals surface area contributed by atoms with Crippen LogP contribution in [0.15, 0.2) is 25.3 Å².